The maximum atomic E-state index is 13.8. The summed E-state index contributed by atoms with van der Waals surface area (Å²) in [5, 5.41) is 6.83. The van der Waals surface area contributed by atoms with Crippen molar-refractivity contribution in [2.75, 3.05) is 25.0 Å². The van der Waals surface area contributed by atoms with Gasteiger partial charge in [0.1, 0.15) is 18.1 Å². The lowest BCUT2D eigenvalue weighted by Crippen LogP contribution is -2.32. The van der Waals surface area contributed by atoms with E-state index in [2.05, 4.69) is 25.3 Å². The number of halogens is 2. The molecule has 0 radical (unpaired) electrons. The average molecular weight is 494 g/mol. The first-order valence-electron chi connectivity index (χ1n) is 12.0. The van der Waals surface area contributed by atoms with Gasteiger partial charge in [-0.15, -0.1) is 0 Å². The smallest absolute Gasteiger partial charge is 0.222 e. The Kier molecular flexibility index (Phi) is 8.32. The highest BCUT2D eigenvalue weighted by Crippen LogP contribution is 2.28. The third kappa shape index (κ3) is 6.48. The summed E-state index contributed by atoms with van der Waals surface area (Å²) >= 11 is 0. The molecule has 0 unspecified atom stereocenters. The minimum atomic E-state index is -0.950. The van der Waals surface area contributed by atoms with Crippen molar-refractivity contribution in [3.05, 3.63) is 88.9 Å². The molecule has 0 atom stereocenters. The van der Waals surface area contributed by atoms with Crippen molar-refractivity contribution in [1.82, 2.24) is 14.9 Å². The lowest BCUT2D eigenvalue weighted by molar-refractivity contribution is -0.114. The van der Waals surface area contributed by atoms with Gasteiger partial charge in [0.15, 0.2) is 11.6 Å². The average Bonchev–Trinajstić information content (AvgIpc) is 2.87. The SMILES string of the molecule is CCO/N=C(/c1ccc(F)c(F)c1)c1ccc(CN2CCC(c3cccc(NC(C)=O)n3)CC2)cn1. The zero-order valence-corrected chi connectivity index (χ0v) is 20.4. The highest BCUT2D eigenvalue weighted by Gasteiger charge is 2.22. The van der Waals surface area contributed by atoms with Crippen LogP contribution in [-0.4, -0.2) is 46.2 Å². The lowest BCUT2D eigenvalue weighted by Gasteiger charge is -2.31. The number of aromatic nitrogens is 2. The fraction of sp³-hybridized carbons (Fsp3) is 0.333. The number of carbonyl (C=O) groups is 1. The van der Waals surface area contributed by atoms with Gasteiger partial charge in [-0.1, -0.05) is 17.3 Å². The summed E-state index contributed by atoms with van der Waals surface area (Å²) in [6.45, 7) is 6.21. The van der Waals surface area contributed by atoms with Crippen LogP contribution in [0.4, 0.5) is 14.6 Å². The molecule has 0 saturated carbocycles. The molecule has 0 aliphatic carbocycles. The monoisotopic (exact) mass is 493 g/mol. The van der Waals surface area contributed by atoms with Gasteiger partial charge in [0.2, 0.25) is 5.91 Å². The largest absolute Gasteiger partial charge is 0.396 e. The molecular formula is C27H29F2N5O2. The van der Waals surface area contributed by atoms with Crippen LogP contribution < -0.4 is 5.32 Å². The van der Waals surface area contributed by atoms with Gasteiger partial charge in [-0.3, -0.25) is 14.7 Å². The Morgan fingerprint density at radius 1 is 1.14 bits per heavy atom. The van der Waals surface area contributed by atoms with E-state index in [1.54, 1.807) is 19.2 Å². The normalized spacial score (nSPS) is 15.1. The zero-order valence-electron chi connectivity index (χ0n) is 20.4. The molecule has 1 aliphatic heterocycles. The van der Waals surface area contributed by atoms with Crippen molar-refractivity contribution in [3.8, 4) is 0 Å². The number of carbonyl (C=O) groups excluding carboxylic acids is 1. The summed E-state index contributed by atoms with van der Waals surface area (Å²) in [5.74, 6) is -1.06. The molecule has 3 heterocycles. The summed E-state index contributed by atoms with van der Waals surface area (Å²) in [4.78, 5) is 28.0. The molecule has 2 aromatic heterocycles. The first-order chi connectivity index (χ1) is 17.4. The number of piperidine rings is 1. The van der Waals surface area contributed by atoms with Crippen molar-refractivity contribution in [2.24, 2.45) is 5.16 Å². The van der Waals surface area contributed by atoms with Gasteiger partial charge in [-0.2, -0.15) is 0 Å². The number of hydrogen-bond donors (Lipinski definition) is 1. The summed E-state index contributed by atoms with van der Waals surface area (Å²) < 4.78 is 27.2. The Hall–Kier alpha value is -3.72. The Balaban J connectivity index is 1.38. The van der Waals surface area contributed by atoms with Crippen LogP contribution in [-0.2, 0) is 16.2 Å². The topological polar surface area (TPSA) is 79.7 Å². The van der Waals surface area contributed by atoms with E-state index in [4.69, 9.17) is 4.84 Å². The second kappa shape index (κ2) is 11.8. The summed E-state index contributed by atoms with van der Waals surface area (Å²) in [7, 11) is 0. The van der Waals surface area contributed by atoms with Crippen LogP contribution in [0.2, 0.25) is 0 Å². The minimum absolute atomic E-state index is 0.129. The zero-order chi connectivity index (χ0) is 25.5. The Morgan fingerprint density at radius 2 is 1.94 bits per heavy atom. The second-order valence-corrected chi connectivity index (χ2v) is 8.72. The van der Waals surface area contributed by atoms with E-state index in [1.807, 2.05) is 24.3 Å². The third-order valence-corrected chi connectivity index (χ3v) is 6.03. The molecule has 0 spiro atoms. The van der Waals surface area contributed by atoms with Gasteiger partial charge < -0.3 is 10.2 Å². The van der Waals surface area contributed by atoms with Gasteiger partial charge in [0, 0.05) is 36.8 Å². The number of anilines is 1. The number of hydrogen-bond acceptors (Lipinski definition) is 6. The van der Waals surface area contributed by atoms with Crippen molar-refractivity contribution in [1.29, 1.82) is 0 Å². The number of rotatable bonds is 8. The summed E-state index contributed by atoms with van der Waals surface area (Å²) in [6, 6.07) is 13.1. The van der Waals surface area contributed by atoms with Gasteiger partial charge in [0.25, 0.3) is 0 Å². The quantitative estimate of drug-likeness (QED) is 0.357. The van der Waals surface area contributed by atoms with Crippen molar-refractivity contribution < 1.29 is 18.4 Å². The number of likely N-dealkylation sites (tertiary alicyclic amines) is 1. The minimum Gasteiger partial charge on any atom is -0.396 e. The molecule has 1 amide bonds. The molecule has 7 nitrogen and oxygen atoms in total. The Morgan fingerprint density at radius 3 is 2.61 bits per heavy atom. The highest BCUT2D eigenvalue weighted by atomic mass is 19.2. The van der Waals surface area contributed by atoms with Crippen LogP contribution in [0.1, 0.15) is 55.1 Å². The molecule has 1 aromatic carbocycles. The maximum Gasteiger partial charge on any atom is 0.222 e. The fourth-order valence-corrected chi connectivity index (χ4v) is 4.25. The van der Waals surface area contributed by atoms with Crippen molar-refractivity contribution in [2.45, 2.75) is 39.2 Å². The molecule has 1 aliphatic rings. The number of oxime groups is 1. The molecule has 1 N–H and O–H groups in total. The number of nitrogens with one attached hydrogen (secondary N) is 1. The Labute approximate surface area is 209 Å². The molecule has 0 bridgehead atoms. The lowest BCUT2D eigenvalue weighted by atomic mass is 9.93. The molecule has 3 aromatic rings. The predicted molar refractivity (Wildman–Crippen MR) is 134 cm³/mol. The van der Waals surface area contributed by atoms with Crippen LogP contribution in [0.3, 0.4) is 0 Å². The summed E-state index contributed by atoms with van der Waals surface area (Å²) in [5.41, 5.74) is 3.30. The third-order valence-electron chi connectivity index (χ3n) is 6.03. The number of pyridine rings is 2. The molecule has 1 fully saturated rings. The van der Waals surface area contributed by atoms with Crippen LogP contribution in [0.5, 0.6) is 0 Å². The van der Waals surface area contributed by atoms with Gasteiger partial charge in [-0.05, 0) is 74.8 Å². The van der Waals surface area contributed by atoms with Gasteiger partial charge >= 0.3 is 0 Å². The molecule has 188 valence electrons. The molecular weight excluding hydrogens is 464 g/mol. The molecule has 9 heteroatoms. The van der Waals surface area contributed by atoms with Crippen LogP contribution in [0.15, 0.2) is 59.9 Å². The first kappa shape index (κ1) is 25.4. The fourth-order valence-electron chi connectivity index (χ4n) is 4.25. The standard InChI is InChI=1S/C27H29F2N5O2/c1-3-36-33-27(21-8-9-22(28)23(29)15-21)25-10-7-19(16-30-25)17-34-13-11-20(12-14-34)24-5-4-6-26(32-24)31-18(2)35/h4-10,15-16,20H,3,11-14,17H2,1-2H3,(H,31,32,35)/b33-27-. The highest BCUT2D eigenvalue weighted by molar-refractivity contribution is 6.11. The Bertz CT molecular complexity index is 1230. The van der Waals surface area contributed by atoms with E-state index >= 15 is 0 Å². The number of amides is 1. The van der Waals surface area contributed by atoms with Crippen LogP contribution in [0, 0.1) is 11.6 Å². The second-order valence-electron chi connectivity index (χ2n) is 8.72. The number of nitrogens with zero attached hydrogens (tertiary/aromatic N) is 4. The van der Waals surface area contributed by atoms with Crippen molar-refractivity contribution in [3.63, 3.8) is 0 Å². The summed E-state index contributed by atoms with van der Waals surface area (Å²) in [6.07, 6.45) is 3.73. The predicted octanol–water partition coefficient (Wildman–Crippen LogP) is 4.88. The molecule has 4 rings (SSSR count). The van der Waals surface area contributed by atoms with E-state index in [0.29, 0.717) is 35.3 Å². The van der Waals surface area contributed by atoms with E-state index in [0.717, 1.165) is 55.9 Å². The van der Waals surface area contributed by atoms with Gasteiger partial charge in [0.05, 0.1) is 5.69 Å². The van der Waals surface area contributed by atoms with Crippen LogP contribution in [0.25, 0.3) is 0 Å². The first-order valence-corrected chi connectivity index (χ1v) is 12.0. The van der Waals surface area contributed by atoms with E-state index in [1.165, 1.54) is 13.0 Å². The van der Waals surface area contributed by atoms with E-state index in [9.17, 15) is 13.6 Å². The molecule has 36 heavy (non-hydrogen) atoms. The van der Waals surface area contributed by atoms with E-state index in [-0.39, 0.29) is 5.91 Å². The van der Waals surface area contributed by atoms with Gasteiger partial charge in [-0.25, -0.2) is 13.8 Å². The molecule has 1 saturated heterocycles. The van der Waals surface area contributed by atoms with Crippen LogP contribution >= 0.6 is 0 Å². The maximum absolute atomic E-state index is 13.8. The van der Waals surface area contributed by atoms with Crippen molar-refractivity contribution >= 4 is 17.4 Å². The number of benzene rings is 1. The van der Waals surface area contributed by atoms with E-state index < -0.39 is 11.6 Å².